The standard InChI is InChI=1S/C13H14BrClN2O2/c1-6(7-2-3-7)17-13(19)9-4-8(15)5-10(14)11(9)12(16)18/h4-7H,2-3H2,1H3,(H2,16,18)(H,17,19). The Morgan fingerprint density at radius 2 is 2.11 bits per heavy atom. The van der Waals surface area contributed by atoms with Crippen molar-refractivity contribution >= 4 is 39.3 Å². The highest BCUT2D eigenvalue weighted by atomic mass is 79.9. The molecule has 0 heterocycles. The topological polar surface area (TPSA) is 72.2 Å². The van der Waals surface area contributed by atoms with Gasteiger partial charge in [-0.2, -0.15) is 0 Å². The number of nitrogens with one attached hydrogen (secondary N) is 1. The van der Waals surface area contributed by atoms with Gasteiger partial charge < -0.3 is 11.1 Å². The van der Waals surface area contributed by atoms with E-state index in [0.29, 0.717) is 15.4 Å². The SMILES string of the molecule is CC(NC(=O)c1cc(Cl)cc(Br)c1C(N)=O)C1CC1. The Morgan fingerprint density at radius 1 is 1.47 bits per heavy atom. The van der Waals surface area contributed by atoms with Gasteiger partial charge in [-0.25, -0.2) is 0 Å². The Hall–Kier alpha value is -1.07. The number of amides is 2. The summed E-state index contributed by atoms with van der Waals surface area (Å²) in [6, 6.07) is 3.09. The minimum absolute atomic E-state index is 0.0889. The van der Waals surface area contributed by atoms with Crippen molar-refractivity contribution < 1.29 is 9.59 Å². The van der Waals surface area contributed by atoms with Crippen LogP contribution in [0.15, 0.2) is 16.6 Å². The zero-order chi connectivity index (χ0) is 14.2. The quantitative estimate of drug-likeness (QED) is 0.880. The van der Waals surface area contributed by atoms with E-state index in [0.717, 1.165) is 12.8 Å². The molecule has 1 fully saturated rings. The third-order valence-electron chi connectivity index (χ3n) is 3.23. The Bertz CT molecular complexity index is 544. The lowest BCUT2D eigenvalue weighted by Gasteiger charge is -2.15. The van der Waals surface area contributed by atoms with E-state index in [1.54, 1.807) is 6.07 Å². The molecular weight excluding hydrogens is 332 g/mol. The summed E-state index contributed by atoms with van der Waals surface area (Å²) in [5, 5.41) is 3.26. The van der Waals surface area contributed by atoms with E-state index in [-0.39, 0.29) is 23.1 Å². The average Bonchev–Trinajstić information content (AvgIpc) is 3.10. The van der Waals surface area contributed by atoms with Crippen LogP contribution in [0.5, 0.6) is 0 Å². The molecule has 1 aromatic rings. The molecule has 1 saturated carbocycles. The number of carbonyl (C=O) groups is 2. The van der Waals surface area contributed by atoms with E-state index in [4.69, 9.17) is 17.3 Å². The molecule has 0 saturated heterocycles. The predicted octanol–water partition coefficient (Wildman–Crippen LogP) is 2.73. The molecule has 1 aliphatic carbocycles. The summed E-state index contributed by atoms with van der Waals surface area (Å²) in [4.78, 5) is 23.7. The third-order valence-corrected chi connectivity index (χ3v) is 4.08. The molecule has 1 aliphatic rings. The van der Waals surface area contributed by atoms with Crippen LogP contribution >= 0.6 is 27.5 Å². The van der Waals surface area contributed by atoms with Gasteiger partial charge in [0, 0.05) is 15.5 Å². The Balaban J connectivity index is 2.31. The van der Waals surface area contributed by atoms with Crippen molar-refractivity contribution in [1.29, 1.82) is 0 Å². The first kappa shape index (κ1) is 14.3. The van der Waals surface area contributed by atoms with Crippen molar-refractivity contribution in [2.75, 3.05) is 0 Å². The van der Waals surface area contributed by atoms with Crippen molar-refractivity contribution in [2.45, 2.75) is 25.8 Å². The molecule has 19 heavy (non-hydrogen) atoms. The first-order valence-corrected chi connectivity index (χ1v) is 7.17. The molecule has 1 atom stereocenters. The molecule has 4 nitrogen and oxygen atoms in total. The van der Waals surface area contributed by atoms with Crippen LogP contribution in [0.2, 0.25) is 5.02 Å². The van der Waals surface area contributed by atoms with Gasteiger partial charge >= 0.3 is 0 Å². The minimum Gasteiger partial charge on any atom is -0.366 e. The highest BCUT2D eigenvalue weighted by Crippen LogP contribution is 2.33. The fourth-order valence-corrected chi connectivity index (χ4v) is 3.01. The molecule has 102 valence electrons. The molecule has 0 radical (unpaired) electrons. The van der Waals surface area contributed by atoms with Gasteiger partial charge in [-0.15, -0.1) is 0 Å². The largest absolute Gasteiger partial charge is 0.366 e. The van der Waals surface area contributed by atoms with Crippen LogP contribution < -0.4 is 11.1 Å². The number of carbonyl (C=O) groups excluding carboxylic acids is 2. The maximum atomic E-state index is 12.2. The summed E-state index contributed by atoms with van der Waals surface area (Å²) < 4.78 is 0.428. The van der Waals surface area contributed by atoms with Gasteiger partial charge in [-0.05, 0) is 53.7 Å². The maximum Gasteiger partial charge on any atom is 0.252 e. The number of nitrogens with two attached hydrogens (primary N) is 1. The van der Waals surface area contributed by atoms with Crippen molar-refractivity contribution in [1.82, 2.24) is 5.32 Å². The molecule has 0 bridgehead atoms. The van der Waals surface area contributed by atoms with Crippen LogP contribution in [-0.2, 0) is 0 Å². The molecule has 0 aromatic heterocycles. The summed E-state index contributed by atoms with van der Waals surface area (Å²) in [5.41, 5.74) is 5.68. The van der Waals surface area contributed by atoms with Crippen LogP contribution in [-0.4, -0.2) is 17.9 Å². The first-order valence-electron chi connectivity index (χ1n) is 6.00. The normalized spacial score (nSPS) is 15.9. The maximum absolute atomic E-state index is 12.2. The second-order valence-electron chi connectivity index (χ2n) is 4.77. The molecule has 1 aromatic carbocycles. The van der Waals surface area contributed by atoms with Gasteiger partial charge in [-0.3, -0.25) is 9.59 Å². The van der Waals surface area contributed by atoms with Gasteiger partial charge in [0.1, 0.15) is 0 Å². The molecule has 3 N–H and O–H groups in total. The molecule has 0 aliphatic heterocycles. The smallest absolute Gasteiger partial charge is 0.252 e. The van der Waals surface area contributed by atoms with Gasteiger partial charge in [0.05, 0.1) is 11.1 Å². The average molecular weight is 346 g/mol. The molecule has 6 heteroatoms. The van der Waals surface area contributed by atoms with E-state index in [9.17, 15) is 9.59 Å². The lowest BCUT2D eigenvalue weighted by Crippen LogP contribution is -2.35. The first-order chi connectivity index (χ1) is 8.90. The monoisotopic (exact) mass is 344 g/mol. The zero-order valence-electron chi connectivity index (χ0n) is 10.4. The fraction of sp³-hybridized carbons (Fsp3) is 0.385. The Morgan fingerprint density at radius 3 is 2.63 bits per heavy atom. The predicted molar refractivity (Wildman–Crippen MR) is 77.3 cm³/mol. The number of rotatable bonds is 4. The lowest BCUT2D eigenvalue weighted by molar-refractivity contribution is 0.0921. The molecule has 1 unspecified atom stereocenters. The summed E-state index contributed by atoms with van der Waals surface area (Å²) in [7, 11) is 0. The number of hydrogen-bond donors (Lipinski definition) is 2. The molecular formula is C13H14BrClN2O2. The Kier molecular flexibility index (Phi) is 4.16. The highest BCUT2D eigenvalue weighted by molar-refractivity contribution is 9.10. The summed E-state index contributed by atoms with van der Waals surface area (Å²) >= 11 is 9.13. The van der Waals surface area contributed by atoms with E-state index < -0.39 is 5.91 Å². The number of hydrogen-bond acceptors (Lipinski definition) is 2. The number of halogens is 2. The third kappa shape index (κ3) is 3.28. The fourth-order valence-electron chi connectivity index (χ4n) is 2.00. The van der Waals surface area contributed by atoms with E-state index in [1.165, 1.54) is 6.07 Å². The molecule has 2 rings (SSSR count). The number of primary amides is 1. The highest BCUT2D eigenvalue weighted by Gasteiger charge is 2.30. The van der Waals surface area contributed by atoms with Crippen molar-refractivity contribution in [2.24, 2.45) is 11.7 Å². The summed E-state index contributed by atoms with van der Waals surface area (Å²) in [6.07, 6.45) is 2.26. The van der Waals surface area contributed by atoms with Gasteiger partial charge in [0.25, 0.3) is 11.8 Å². The molecule has 0 spiro atoms. The van der Waals surface area contributed by atoms with Crippen LogP contribution in [0, 0.1) is 5.92 Å². The van der Waals surface area contributed by atoms with Crippen molar-refractivity contribution in [3.8, 4) is 0 Å². The second-order valence-corrected chi connectivity index (χ2v) is 6.06. The zero-order valence-corrected chi connectivity index (χ0v) is 12.7. The summed E-state index contributed by atoms with van der Waals surface area (Å²) in [5.74, 6) is -0.451. The van der Waals surface area contributed by atoms with E-state index in [2.05, 4.69) is 21.2 Å². The lowest BCUT2D eigenvalue weighted by atomic mass is 10.1. The molecule has 2 amide bonds. The van der Waals surface area contributed by atoms with Crippen LogP contribution in [0.4, 0.5) is 0 Å². The summed E-state index contributed by atoms with van der Waals surface area (Å²) in [6.45, 7) is 1.96. The Labute approximate surface area is 124 Å². The minimum atomic E-state index is -0.659. The second kappa shape index (κ2) is 5.51. The van der Waals surface area contributed by atoms with Gasteiger partial charge in [-0.1, -0.05) is 11.6 Å². The van der Waals surface area contributed by atoms with Crippen molar-refractivity contribution in [3.63, 3.8) is 0 Å². The van der Waals surface area contributed by atoms with Gasteiger partial charge in [0.2, 0.25) is 0 Å². The van der Waals surface area contributed by atoms with Crippen LogP contribution in [0.3, 0.4) is 0 Å². The van der Waals surface area contributed by atoms with Crippen LogP contribution in [0.25, 0.3) is 0 Å². The van der Waals surface area contributed by atoms with Crippen LogP contribution in [0.1, 0.15) is 40.5 Å². The van der Waals surface area contributed by atoms with Gasteiger partial charge in [0.15, 0.2) is 0 Å². The number of benzene rings is 1. The van der Waals surface area contributed by atoms with Crippen molar-refractivity contribution in [3.05, 3.63) is 32.8 Å². The van der Waals surface area contributed by atoms with E-state index >= 15 is 0 Å². The van der Waals surface area contributed by atoms with E-state index in [1.807, 2.05) is 6.92 Å².